The molecule has 0 aliphatic heterocycles. The Balaban J connectivity index is 1.91. The van der Waals surface area contributed by atoms with Crippen molar-refractivity contribution in [3.63, 3.8) is 0 Å². The summed E-state index contributed by atoms with van der Waals surface area (Å²) >= 11 is 0. The lowest BCUT2D eigenvalue weighted by atomic mass is 9.68. The molecule has 0 aromatic heterocycles. The smallest absolute Gasteiger partial charge is 0.126 e. The molecular formula is C18H26F2O. The molecule has 3 heteroatoms. The van der Waals surface area contributed by atoms with Gasteiger partial charge in [0, 0.05) is 6.07 Å². The number of hydrogen-bond acceptors (Lipinski definition) is 1. The van der Waals surface area contributed by atoms with Crippen LogP contribution in [-0.4, -0.2) is 11.2 Å². The highest BCUT2D eigenvalue weighted by atomic mass is 19.1. The first-order valence-corrected chi connectivity index (χ1v) is 7.89. The summed E-state index contributed by atoms with van der Waals surface area (Å²) in [6, 6.07) is 3.49. The Labute approximate surface area is 126 Å². The molecule has 1 nitrogen and oxygen atoms in total. The fraction of sp³-hybridized carbons (Fsp3) is 0.667. The van der Waals surface area contributed by atoms with E-state index in [0.29, 0.717) is 23.3 Å². The van der Waals surface area contributed by atoms with Crippen molar-refractivity contribution in [2.24, 2.45) is 17.3 Å². The monoisotopic (exact) mass is 296 g/mol. The van der Waals surface area contributed by atoms with Crippen molar-refractivity contribution in [3.8, 4) is 0 Å². The molecule has 0 amide bonds. The molecule has 2 rings (SSSR count). The zero-order valence-electron chi connectivity index (χ0n) is 13.2. The van der Waals surface area contributed by atoms with Gasteiger partial charge >= 0.3 is 0 Å². The van der Waals surface area contributed by atoms with Crippen LogP contribution in [0.15, 0.2) is 18.2 Å². The van der Waals surface area contributed by atoms with Gasteiger partial charge in [-0.05, 0) is 67.1 Å². The van der Waals surface area contributed by atoms with E-state index in [0.717, 1.165) is 31.7 Å². The molecule has 1 saturated carbocycles. The Kier molecular flexibility index (Phi) is 5.03. The second kappa shape index (κ2) is 6.43. The van der Waals surface area contributed by atoms with Gasteiger partial charge in [-0.25, -0.2) is 8.78 Å². The van der Waals surface area contributed by atoms with Crippen LogP contribution in [0.5, 0.6) is 0 Å². The maximum absolute atomic E-state index is 13.2. The molecule has 1 N–H and O–H groups in total. The standard InChI is InChI=1S/C18H26F2O/c1-18(2,3)14-6-4-13(5-7-14)17(21)10-12-8-15(19)11-16(20)9-12/h8-9,11,13-14,17,21H,4-7,10H2,1-3H3. The summed E-state index contributed by atoms with van der Waals surface area (Å²) in [6.07, 6.45) is 4.08. The van der Waals surface area contributed by atoms with Crippen molar-refractivity contribution in [3.05, 3.63) is 35.4 Å². The minimum atomic E-state index is -0.575. The van der Waals surface area contributed by atoms with Gasteiger partial charge in [-0.1, -0.05) is 20.8 Å². The Morgan fingerprint density at radius 1 is 1.05 bits per heavy atom. The van der Waals surface area contributed by atoms with Crippen LogP contribution in [-0.2, 0) is 6.42 Å². The van der Waals surface area contributed by atoms with Crippen LogP contribution in [0.25, 0.3) is 0 Å². The van der Waals surface area contributed by atoms with Crippen molar-refractivity contribution in [1.82, 2.24) is 0 Å². The van der Waals surface area contributed by atoms with Gasteiger partial charge in [0.15, 0.2) is 0 Å². The van der Waals surface area contributed by atoms with Gasteiger partial charge in [-0.15, -0.1) is 0 Å². The topological polar surface area (TPSA) is 20.2 Å². The summed E-state index contributed by atoms with van der Waals surface area (Å²) in [5.74, 6) is -0.204. The Morgan fingerprint density at radius 3 is 2.05 bits per heavy atom. The first-order chi connectivity index (χ1) is 9.75. The highest BCUT2D eigenvalue weighted by molar-refractivity contribution is 5.18. The number of halogens is 2. The van der Waals surface area contributed by atoms with Crippen LogP contribution < -0.4 is 0 Å². The molecule has 1 fully saturated rings. The number of rotatable bonds is 3. The van der Waals surface area contributed by atoms with Crippen LogP contribution >= 0.6 is 0 Å². The van der Waals surface area contributed by atoms with Crippen molar-refractivity contribution in [2.45, 2.75) is 59.0 Å². The number of hydrogen-bond donors (Lipinski definition) is 1. The quantitative estimate of drug-likeness (QED) is 0.855. The summed E-state index contributed by atoms with van der Waals surface area (Å²) in [7, 11) is 0. The fourth-order valence-electron chi connectivity index (χ4n) is 3.51. The molecule has 21 heavy (non-hydrogen) atoms. The van der Waals surface area contributed by atoms with Crippen molar-refractivity contribution in [1.29, 1.82) is 0 Å². The van der Waals surface area contributed by atoms with Crippen LogP contribution in [0.2, 0.25) is 0 Å². The van der Waals surface area contributed by atoms with Gasteiger partial charge < -0.3 is 5.11 Å². The molecule has 0 bridgehead atoms. The molecule has 0 heterocycles. The third-order valence-corrected chi connectivity index (χ3v) is 4.91. The lowest BCUT2D eigenvalue weighted by molar-refractivity contribution is 0.0536. The van der Waals surface area contributed by atoms with E-state index in [9.17, 15) is 13.9 Å². The zero-order chi connectivity index (χ0) is 15.6. The molecule has 1 aliphatic carbocycles. The Hall–Kier alpha value is -0.960. The maximum Gasteiger partial charge on any atom is 0.126 e. The molecule has 1 unspecified atom stereocenters. The molecule has 1 aromatic carbocycles. The SMILES string of the molecule is CC(C)(C)C1CCC(C(O)Cc2cc(F)cc(F)c2)CC1. The molecule has 0 radical (unpaired) electrons. The third-order valence-electron chi connectivity index (χ3n) is 4.91. The summed E-state index contributed by atoms with van der Waals surface area (Å²) in [5.41, 5.74) is 0.861. The van der Waals surface area contributed by atoms with E-state index in [1.54, 1.807) is 0 Å². The van der Waals surface area contributed by atoms with E-state index in [1.165, 1.54) is 12.1 Å². The van der Waals surface area contributed by atoms with Gasteiger partial charge in [-0.2, -0.15) is 0 Å². The van der Waals surface area contributed by atoms with Crippen LogP contribution in [0.3, 0.4) is 0 Å². The Bertz CT molecular complexity index is 450. The molecule has 1 atom stereocenters. The van der Waals surface area contributed by atoms with Gasteiger partial charge in [-0.3, -0.25) is 0 Å². The van der Waals surface area contributed by atoms with Crippen molar-refractivity contribution >= 4 is 0 Å². The van der Waals surface area contributed by atoms with Crippen molar-refractivity contribution in [2.75, 3.05) is 0 Å². The molecule has 1 aliphatic rings. The van der Waals surface area contributed by atoms with E-state index in [1.807, 2.05) is 0 Å². The molecule has 1 aromatic rings. The van der Waals surface area contributed by atoms with E-state index >= 15 is 0 Å². The third kappa shape index (κ3) is 4.50. The minimum Gasteiger partial charge on any atom is -0.392 e. The molecular weight excluding hydrogens is 270 g/mol. The van der Waals surface area contributed by atoms with E-state index in [4.69, 9.17) is 0 Å². The molecule has 0 saturated heterocycles. The average molecular weight is 296 g/mol. The second-order valence-electron chi connectivity index (χ2n) is 7.53. The van der Waals surface area contributed by atoms with E-state index < -0.39 is 17.7 Å². The van der Waals surface area contributed by atoms with Crippen LogP contribution in [0, 0.1) is 28.9 Å². The van der Waals surface area contributed by atoms with Gasteiger partial charge in [0.05, 0.1) is 6.10 Å². The summed E-state index contributed by atoms with van der Waals surface area (Å²) < 4.78 is 26.4. The van der Waals surface area contributed by atoms with Gasteiger partial charge in [0.2, 0.25) is 0 Å². The van der Waals surface area contributed by atoms with E-state index in [-0.39, 0.29) is 5.92 Å². The molecule has 118 valence electrons. The first kappa shape index (κ1) is 16.4. The number of aliphatic hydroxyl groups is 1. The van der Waals surface area contributed by atoms with Gasteiger partial charge in [0.25, 0.3) is 0 Å². The normalized spacial score (nSPS) is 24.9. The lowest BCUT2D eigenvalue weighted by Crippen LogP contribution is -2.31. The minimum absolute atomic E-state index is 0.245. The summed E-state index contributed by atoms with van der Waals surface area (Å²) in [5, 5.41) is 10.4. The first-order valence-electron chi connectivity index (χ1n) is 7.89. The number of benzene rings is 1. The lowest BCUT2D eigenvalue weighted by Gasteiger charge is -2.38. The number of aliphatic hydroxyl groups excluding tert-OH is 1. The average Bonchev–Trinajstić information content (AvgIpc) is 2.36. The second-order valence-corrected chi connectivity index (χ2v) is 7.53. The highest BCUT2D eigenvalue weighted by Gasteiger charge is 2.32. The highest BCUT2D eigenvalue weighted by Crippen LogP contribution is 2.41. The predicted molar refractivity (Wildman–Crippen MR) is 81.0 cm³/mol. The molecule has 0 spiro atoms. The van der Waals surface area contributed by atoms with Crippen LogP contribution in [0.1, 0.15) is 52.0 Å². The fourth-order valence-corrected chi connectivity index (χ4v) is 3.51. The maximum atomic E-state index is 13.2. The van der Waals surface area contributed by atoms with Gasteiger partial charge in [0.1, 0.15) is 11.6 Å². The predicted octanol–water partition coefficient (Wildman–Crippen LogP) is 4.72. The van der Waals surface area contributed by atoms with Crippen molar-refractivity contribution < 1.29 is 13.9 Å². The summed E-state index contributed by atoms with van der Waals surface area (Å²) in [6.45, 7) is 6.80. The largest absolute Gasteiger partial charge is 0.392 e. The van der Waals surface area contributed by atoms with E-state index in [2.05, 4.69) is 20.8 Å². The zero-order valence-corrected chi connectivity index (χ0v) is 13.2. The Morgan fingerprint density at radius 2 is 1.57 bits per heavy atom. The van der Waals surface area contributed by atoms with Crippen LogP contribution in [0.4, 0.5) is 8.78 Å². The summed E-state index contributed by atoms with van der Waals surface area (Å²) in [4.78, 5) is 0.